The van der Waals surface area contributed by atoms with Crippen molar-refractivity contribution in [3.63, 3.8) is 0 Å². The number of halogens is 3. The van der Waals surface area contributed by atoms with E-state index >= 15 is 0 Å². The number of nitrogens with zero attached hydrogens (tertiary/aromatic N) is 1. The molecule has 2 rings (SSSR count). The van der Waals surface area contributed by atoms with Gasteiger partial charge < -0.3 is 5.32 Å². The zero-order chi connectivity index (χ0) is 14.8. The smallest absolute Gasteiger partial charge is 0.310 e. The fourth-order valence-corrected chi connectivity index (χ4v) is 2.94. The maximum absolute atomic E-state index is 12.7. The SMILES string of the molecule is CSC(CNC1(C)CCC1)c1cccc(C(F)(F)F)n1. The standard InChI is InChI=1S/C14H19F3N2S/c1-13(7-4-8-13)18-9-11(20-2)10-5-3-6-12(19-10)14(15,16)17/h3,5-6,11,18H,4,7-9H2,1-2H3. The summed E-state index contributed by atoms with van der Waals surface area (Å²) >= 11 is 1.53. The predicted octanol–water partition coefficient (Wildman–Crippen LogP) is 4.04. The van der Waals surface area contributed by atoms with Crippen molar-refractivity contribution in [3.05, 3.63) is 29.6 Å². The summed E-state index contributed by atoms with van der Waals surface area (Å²) in [6.45, 7) is 2.80. The second-order valence-corrected chi connectivity index (χ2v) is 6.51. The molecule has 1 atom stereocenters. The molecule has 6 heteroatoms. The molecule has 0 aliphatic heterocycles. The Hall–Kier alpha value is -0.750. The molecular formula is C14H19F3N2S. The van der Waals surface area contributed by atoms with Crippen molar-refractivity contribution in [2.24, 2.45) is 0 Å². The minimum absolute atomic E-state index is 0.0604. The lowest BCUT2D eigenvalue weighted by molar-refractivity contribution is -0.141. The first-order valence-electron chi connectivity index (χ1n) is 6.66. The van der Waals surface area contributed by atoms with Crippen LogP contribution in [0.2, 0.25) is 0 Å². The molecule has 0 aromatic carbocycles. The van der Waals surface area contributed by atoms with Crippen LogP contribution in [0.4, 0.5) is 13.2 Å². The first kappa shape index (κ1) is 15.6. The van der Waals surface area contributed by atoms with Crippen LogP contribution in [0.1, 0.15) is 42.8 Å². The van der Waals surface area contributed by atoms with E-state index in [4.69, 9.17) is 0 Å². The lowest BCUT2D eigenvalue weighted by Gasteiger charge is -2.40. The summed E-state index contributed by atoms with van der Waals surface area (Å²) in [5.41, 5.74) is -0.179. The monoisotopic (exact) mass is 304 g/mol. The second kappa shape index (κ2) is 5.93. The quantitative estimate of drug-likeness (QED) is 0.889. The Bertz CT molecular complexity index is 458. The molecule has 0 radical (unpaired) electrons. The first-order chi connectivity index (χ1) is 9.34. The zero-order valence-electron chi connectivity index (χ0n) is 11.6. The van der Waals surface area contributed by atoms with E-state index in [1.165, 1.54) is 24.2 Å². The van der Waals surface area contributed by atoms with E-state index in [0.29, 0.717) is 12.2 Å². The van der Waals surface area contributed by atoms with Crippen LogP contribution in [0.3, 0.4) is 0 Å². The van der Waals surface area contributed by atoms with Crippen molar-refractivity contribution >= 4 is 11.8 Å². The Morgan fingerprint density at radius 1 is 1.40 bits per heavy atom. The van der Waals surface area contributed by atoms with Crippen LogP contribution in [0.5, 0.6) is 0 Å². The van der Waals surface area contributed by atoms with Crippen molar-refractivity contribution in [3.8, 4) is 0 Å². The Morgan fingerprint density at radius 3 is 2.60 bits per heavy atom. The van der Waals surface area contributed by atoms with E-state index < -0.39 is 11.9 Å². The highest BCUT2D eigenvalue weighted by atomic mass is 32.2. The lowest BCUT2D eigenvalue weighted by atomic mass is 9.78. The van der Waals surface area contributed by atoms with Gasteiger partial charge in [-0.15, -0.1) is 0 Å². The van der Waals surface area contributed by atoms with Crippen LogP contribution in [0.25, 0.3) is 0 Å². The molecule has 0 spiro atoms. The average Bonchev–Trinajstić information content (AvgIpc) is 2.37. The maximum Gasteiger partial charge on any atom is 0.433 e. The molecule has 112 valence electrons. The number of alkyl halides is 3. The maximum atomic E-state index is 12.7. The molecule has 1 aromatic heterocycles. The molecule has 0 saturated heterocycles. The van der Waals surface area contributed by atoms with E-state index in [-0.39, 0.29) is 10.8 Å². The third-order valence-electron chi connectivity index (χ3n) is 3.85. The molecule has 2 nitrogen and oxygen atoms in total. The van der Waals surface area contributed by atoms with E-state index in [1.807, 2.05) is 6.26 Å². The topological polar surface area (TPSA) is 24.9 Å². The summed E-state index contributed by atoms with van der Waals surface area (Å²) in [4.78, 5) is 3.77. The number of pyridine rings is 1. The molecule has 0 bridgehead atoms. The average molecular weight is 304 g/mol. The number of hydrogen-bond acceptors (Lipinski definition) is 3. The molecule has 20 heavy (non-hydrogen) atoms. The van der Waals surface area contributed by atoms with Gasteiger partial charge >= 0.3 is 6.18 Å². The summed E-state index contributed by atoms with van der Waals surface area (Å²) in [5.74, 6) is 0. The number of aromatic nitrogens is 1. The van der Waals surface area contributed by atoms with E-state index in [0.717, 1.165) is 18.9 Å². The summed E-state index contributed by atoms with van der Waals surface area (Å²) in [6.07, 6.45) is 0.993. The Labute approximate surface area is 121 Å². The van der Waals surface area contributed by atoms with Crippen molar-refractivity contribution in [2.45, 2.75) is 43.2 Å². The van der Waals surface area contributed by atoms with Gasteiger partial charge in [0, 0.05) is 12.1 Å². The molecule has 1 aromatic rings. The van der Waals surface area contributed by atoms with Gasteiger partial charge in [-0.3, -0.25) is 0 Å². The van der Waals surface area contributed by atoms with Gasteiger partial charge in [0.1, 0.15) is 5.69 Å². The second-order valence-electron chi connectivity index (χ2n) is 5.46. The van der Waals surface area contributed by atoms with Crippen molar-refractivity contribution in [1.29, 1.82) is 0 Å². The Morgan fingerprint density at radius 2 is 2.10 bits per heavy atom. The molecule has 1 aliphatic rings. The molecule has 1 heterocycles. The molecule has 1 saturated carbocycles. The van der Waals surface area contributed by atoms with Gasteiger partial charge in [0.2, 0.25) is 0 Å². The molecule has 1 aliphatic carbocycles. The Balaban J connectivity index is 2.07. The molecule has 1 N–H and O–H groups in total. The van der Waals surface area contributed by atoms with Gasteiger partial charge in [0.05, 0.1) is 10.9 Å². The van der Waals surface area contributed by atoms with Gasteiger partial charge in [-0.25, -0.2) is 4.98 Å². The molecule has 1 unspecified atom stereocenters. The van der Waals surface area contributed by atoms with Gasteiger partial charge in [0.25, 0.3) is 0 Å². The normalized spacial score (nSPS) is 19.4. The summed E-state index contributed by atoms with van der Waals surface area (Å²) < 4.78 is 38.1. The van der Waals surface area contributed by atoms with Crippen LogP contribution in [-0.2, 0) is 6.18 Å². The highest BCUT2D eigenvalue weighted by Crippen LogP contribution is 2.34. The van der Waals surface area contributed by atoms with Gasteiger partial charge in [-0.2, -0.15) is 24.9 Å². The fourth-order valence-electron chi connectivity index (χ4n) is 2.32. The number of nitrogens with one attached hydrogen (secondary N) is 1. The Kier molecular flexibility index (Phi) is 4.64. The highest BCUT2D eigenvalue weighted by Gasteiger charge is 2.34. The minimum atomic E-state index is -4.38. The van der Waals surface area contributed by atoms with Gasteiger partial charge in [-0.05, 0) is 44.6 Å². The van der Waals surface area contributed by atoms with E-state index in [2.05, 4.69) is 17.2 Å². The number of hydrogen-bond donors (Lipinski definition) is 1. The minimum Gasteiger partial charge on any atom is -0.310 e. The predicted molar refractivity (Wildman–Crippen MR) is 75.8 cm³/mol. The van der Waals surface area contributed by atoms with Crippen LogP contribution in [0.15, 0.2) is 18.2 Å². The van der Waals surface area contributed by atoms with Crippen molar-refractivity contribution in [1.82, 2.24) is 10.3 Å². The molecule has 1 fully saturated rings. The third-order valence-corrected chi connectivity index (χ3v) is 4.82. The third kappa shape index (κ3) is 3.67. The van der Waals surface area contributed by atoms with E-state index in [9.17, 15) is 13.2 Å². The molecular weight excluding hydrogens is 285 g/mol. The highest BCUT2D eigenvalue weighted by molar-refractivity contribution is 7.98. The molecule has 0 amide bonds. The van der Waals surface area contributed by atoms with E-state index in [1.54, 1.807) is 6.07 Å². The fraction of sp³-hybridized carbons (Fsp3) is 0.643. The van der Waals surface area contributed by atoms with Crippen molar-refractivity contribution < 1.29 is 13.2 Å². The summed E-state index contributed by atoms with van der Waals surface area (Å²) in [7, 11) is 0. The summed E-state index contributed by atoms with van der Waals surface area (Å²) in [6, 6.07) is 4.11. The number of rotatable bonds is 5. The van der Waals surface area contributed by atoms with Crippen LogP contribution in [0, 0.1) is 0 Å². The van der Waals surface area contributed by atoms with Gasteiger partial charge in [0.15, 0.2) is 0 Å². The first-order valence-corrected chi connectivity index (χ1v) is 7.95. The number of thioether (sulfide) groups is 1. The van der Waals surface area contributed by atoms with Crippen LogP contribution in [-0.4, -0.2) is 23.3 Å². The lowest BCUT2D eigenvalue weighted by Crippen LogP contribution is -2.49. The zero-order valence-corrected chi connectivity index (χ0v) is 12.4. The van der Waals surface area contributed by atoms with Crippen molar-refractivity contribution in [2.75, 3.05) is 12.8 Å². The van der Waals surface area contributed by atoms with Crippen LogP contribution >= 0.6 is 11.8 Å². The summed E-state index contributed by atoms with van der Waals surface area (Å²) in [5, 5.41) is 3.40. The largest absolute Gasteiger partial charge is 0.433 e. The van der Waals surface area contributed by atoms with Crippen LogP contribution < -0.4 is 5.32 Å². The van der Waals surface area contributed by atoms with Gasteiger partial charge in [-0.1, -0.05) is 6.07 Å².